The molecule has 0 atom stereocenters. The number of rotatable bonds is 2. The summed E-state index contributed by atoms with van der Waals surface area (Å²) in [4.78, 5) is 10.4. The Balaban J connectivity index is 3.46. The lowest BCUT2D eigenvalue weighted by atomic mass is 10.4. The third kappa shape index (κ3) is 6.04. The van der Waals surface area contributed by atoms with Crippen LogP contribution in [0.5, 0.6) is 0 Å². The Morgan fingerprint density at radius 2 is 2.30 bits per heavy atom. The van der Waals surface area contributed by atoms with Crippen molar-refractivity contribution in [3.63, 3.8) is 0 Å². The van der Waals surface area contributed by atoms with Crippen LogP contribution in [-0.2, 0) is 4.74 Å². The van der Waals surface area contributed by atoms with Gasteiger partial charge in [0.25, 0.3) is 0 Å². The summed E-state index contributed by atoms with van der Waals surface area (Å²) < 4.78 is 3.53. The molecule has 0 saturated carbocycles. The van der Waals surface area contributed by atoms with E-state index >= 15 is 0 Å². The Labute approximate surface area is 70.4 Å². The molecule has 58 valence electrons. The topological polar surface area (TPSA) is 38.3 Å². The van der Waals surface area contributed by atoms with Crippen LogP contribution < -0.4 is 5.23 Å². The molecule has 0 radical (unpaired) electrons. The molecule has 0 aliphatic rings. The van der Waals surface area contributed by atoms with E-state index in [0.29, 0.717) is 0 Å². The molecule has 3 nitrogen and oxygen atoms in total. The van der Waals surface area contributed by atoms with E-state index in [1.54, 1.807) is 6.92 Å². The Morgan fingerprint density at radius 1 is 1.80 bits per heavy atom. The van der Waals surface area contributed by atoms with Crippen LogP contribution in [-0.4, -0.2) is 25.0 Å². The fraction of sp³-hybridized carbons (Fsp3) is 0.750. The van der Waals surface area contributed by atoms with E-state index in [4.69, 9.17) is 23.2 Å². The van der Waals surface area contributed by atoms with Crippen LogP contribution in [0.3, 0.4) is 0 Å². The van der Waals surface area contributed by atoms with Crippen LogP contribution in [0.25, 0.3) is 0 Å². The first-order chi connectivity index (χ1) is 4.45. The van der Waals surface area contributed by atoms with Crippen molar-refractivity contribution < 1.29 is 9.53 Å². The van der Waals surface area contributed by atoms with Gasteiger partial charge in [-0.2, -0.15) is 0 Å². The van der Waals surface area contributed by atoms with Crippen molar-refractivity contribution >= 4 is 37.3 Å². The van der Waals surface area contributed by atoms with Gasteiger partial charge in [-0.05, 0) is 6.92 Å². The summed E-state index contributed by atoms with van der Waals surface area (Å²) in [5.74, 6) is 0. The van der Waals surface area contributed by atoms with Crippen LogP contribution in [0.2, 0.25) is 0 Å². The highest BCUT2D eigenvalue weighted by Crippen LogP contribution is 2.19. The highest BCUT2D eigenvalue weighted by atomic mass is 35.5. The molecule has 0 saturated heterocycles. The average Bonchev–Trinajstić information content (AvgIpc) is 1.81. The van der Waals surface area contributed by atoms with Crippen molar-refractivity contribution in [2.45, 2.75) is 11.3 Å². The normalized spacial score (nSPS) is 10.7. The summed E-state index contributed by atoms with van der Waals surface area (Å²) in [6.45, 7) is 1.52. The number of carbonyl (C=O) groups is 1. The second-order valence-electron chi connectivity index (χ2n) is 1.90. The molecule has 1 N–H and O–H groups in total. The van der Waals surface area contributed by atoms with Gasteiger partial charge in [-0.3, -0.25) is 0 Å². The SMILES string of the molecule is BNC(=O)OCC(C)(Cl)Cl. The molecule has 0 fully saturated rings. The highest BCUT2D eigenvalue weighted by Gasteiger charge is 2.18. The maximum absolute atomic E-state index is 10.4. The molecular formula is C4H8BCl2NO2. The molecule has 0 aliphatic heterocycles. The van der Waals surface area contributed by atoms with Crippen LogP contribution in [0.15, 0.2) is 0 Å². The zero-order valence-electron chi connectivity index (χ0n) is 5.78. The molecule has 10 heavy (non-hydrogen) atoms. The quantitative estimate of drug-likeness (QED) is 0.499. The molecule has 1 amide bonds. The smallest absolute Gasteiger partial charge is 0.394 e. The fourth-order valence-corrected chi connectivity index (χ4v) is 0.374. The summed E-state index contributed by atoms with van der Waals surface area (Å²) in [5.41, 5.74) is 0. The first-order valence-electron chi connectivity index (χ1n) is 2.68. The van der Waals surface area contributed by atoms with E-state index in [2.05, 4.69) is 9.96 Å². The van der Waals surface area contributed by atoms with Gasteiger partial charge in [-0.1, -0.05) is 23.2 Å². The number of hydrogen-bond donors (Lipinski definition) is 1. The fourth-order valence-electron chi connectivity index (χ4n) is 0.264. The summed E-state index contributed by atoms with van der Waals surface area (Å²) in [6.07, 6.45) is -0.535. The van der Waals surface area contributed by atoms with Crippen LogP contribution >= 0.6 is 23.2 Å². The second-order valence-corrected chi connectivity index (χ2v) is 3.76. The maximum Gasteiger partial charge on any atom is 0.394 e. The molecule has 0 aromatic heterocycles. The largest absolute Gasteiger partial charge is 0.447 e. The maximum atomic E-state index is 10.4. The minimum absolute atomic E-state index is 0.0181. The molecule has 0 bridgehead atoms. The minimum Gasteiger partial charge on any atom is -0.447 e. The van der Waals surface area contributed by atoms with Crippen LogP contribution in [0, 0.1) is 0 Å². The Morgan fingerprint density at radius 3 is 2.60 bits per heavy atom. The lowest BCUT2D eigenvalue weighted by molar-refractivity contribution is 0.150. The number of nitrogens with one attached hydrogen (secondary N) is 1. The Kier molecular flexibility index (Phi) is 3.90. The van der Waals surface area contributed by atoms with Gasteiger partial charge in [0.15, 0.2) is 0 Å². The van der Waals surface area contributed by atoms with E-state index in [9.17, 15) is 4.79 Å². The van der Waals surface area contributed by atoms with Gasteiger partial charge in [0.1, 0.15) is 10.9 Å². The van der Waals surface area contributed by atoms with Crippen molar-refractivity contribution in [3.8, 4) is 0 Å². The molecule has 0 rings (SSSR count). The number of alkyl halides is 2. The average molecular weight is 184 g/mol. The van der Waals surface area contributed by atoms with E-state index in [0.717, 1.165) is 0 Å². The Hall–Kier alpha value is -0.0851. The first-order valence-corrected chi connectivity index (χ1v) is 3.43. The van der Waals surface area contributed by atoms with E-state index in [1.807, 2.05) is 0 Å². The molecule has 6 heteroatoms. The van der Waals surface area contributed by atoms with Crippen molar-refractivity contribution in [2.75, 3.05) is 6.61 Å². The lowest BCUT2D eigenvalue weighted by Gasteiger charge is -2.12. The van der Waals surface area contributed by atoms with Crippen molar-refractivity contribution in [1.29, 1.82) is 0 Å². The zero-order valence-corrected chi connectivity index (χ0v) is 7.29. The molecule has 0 aliphatic carbocycles. The highest BCUT2D eigenvalue weighted by molar-refractivity contribution is 6.48. The number of carbonyl (C=O) groups excluding carboxylic acids is 1. The van der Waals surface area contributed by atoms with Crippen LogP contribution in [0.1, 0.15) is 6.92 Å². The molecular weight excluding hydrogens is 176 g/mol. The van der Waals surface area contributed by atoms with Crippen molar-refractivity contribution in [3.05, 3.63) is 0 Å². The first kappa shape index (κ1) is 9.91. The van der Waals surface area contributed by atoms with Gasteiger partial charge in [0, 0.05) is 0 Å². The zero-order chi connectivity index (χ0) is 8.20. The molecule has 0 spiro atoms. The third-order valence-electron chi connectivity index (χ3n) is 0.661. The number of ether oxygens (including phenoxy) is 1. The Bertz CT molecular complexity index is 125. The standard InChI is InChI=1S/C4H8BCl2NO2/c1-4(6,7)2-10-3(9)8-5/h2,5H2,1H3,(H,8,9). The van der Waals surface area contributed by atoms with Gasteiger partial charge < -0.3 is 9.96 Å². The molecule has 0 aromatic rings. The van der Waals surface area contributed by atoms with E-state index in [-0.39, 0.29) is 6.61 Å². The van der Waals surface area contributed by atoms with Gasteiger partial charge in [-0.15, -0.1) is 0 Å². The molecule has 0 heterocycles. The van der Waals surface area contributed by atoms with Crippen LogP contribution in [0.4, 0.5) is 4.79 Å². The summed E-state index contributed by atoms with van der Waals surface area (Å²) >= 11 is 11.0. The van der Waals surface area contributed by atoms with Crippen molar-refractivity contribution in [2.24, 2.45) is 0 Å². The number of hydrogen-bond acceptors (Lipinski definition) is 2. The lowest BCUT2D eigenvalue weighted by Crippen LogP contribution is -2.26. The van der Waals surface area contributed by atoms with E-state index < -0.39 is 10.4 Å². The van der Waals surface area contributed by atoms with Gasteiger partial charge in [-0.25, -0.2) is 4.79 Å². The minimum atomic E-state index is -1.01. The van der Waals surface area contributed by atoms with Gasteiger partial charge >= 0.3 is 6.09 Å². The summed E-state index contributed by atoms with van der Waals surface area (Å²) in [5, 5.41) is 2.26. The second kappa shape index (κ2) is 3.93. The van der Waals surface area contributed by atoms with E-state index in [1.165, 1.54) is 7.98 Å². The van der Waals surface area contributed by atoms with Crippen molar-refractivity contribution in [1.82, 2.24) is 5.23 Å². The molecule has 0 aromatic carbocycles. The summed E-state index contributed by atoms with van der Waals surface area (Å²) in [7, 11) is 1.46. The summed E-state index contributed by atoms with van der Waals surface area (Å²) in [6, 6.07) is 0. The van der Waals surface area contributed by atoms with Gasteiger partial charge in [0.2, 0.25) is 7.98 Å². The predicted molar refractivity (Wildman–Crippen MR) is 43.1 cm³/mol. The number of halogens is 2. The number of amides is 1. The van der Waals surface area contributed by atoms with Gasteiger partial charge in [0.05, 0.1) is 0 Å². The molecule has 0 unspecified atom stereocenters. The third-order valence-corrected chi connectivity index (χ3v) is 0.879. The monoisotopic (exact) mass is 183 g/mol. The predicted octanol–water partition coefficient (Wildman–Crippen LogP) is 0.454.